The summed E-state index contributed by atoms with van der Waals surface area (Å²) in [6.07, 6.45) is 5.26. The number of benzene rings is 1. The Morgan fingerprint density at radius 3 is 2.70 bits per heavy atom. The van der Waals surface area contributed by atoms with E-state index in [1.54, 1.807) is 24.4 Å². The van der Waals surface area contributed by atoms with E-state index >= 15 is 0 Å². The molecule has 1 N–H and O–H groups in total. The summed E-state index contributed by atoms with van der Waals surface area (Å²) < 4.78 is 15.5. The van der Waals surface area contributed by atoms with Crippen LogP contribution in [-0.4, -0.2) is 51.0 Å². The monoisotopic (exact) mass is 373 g/mol. The lowest BCUT2D eigenvalue weighted by Gasteiger charge is -2.38. The van der Waals surface area contributed by atoms with Crippen LogP contribution in [0.4, 0.5) is 4.39 Å². The molecule has 0 aliphatic carbocycles. The predicted molar refractivity (Wildman–Crippen MR) is 102 cm³/mol. The summed E-state index contributed by atoms with van der Waals surface area (Å²) >= 11 is 0. The molecule has 3 rings (SSSR count). The summed E-state index contributed by atoms with van der Waals surface area (Å²) in [5.41, 5.74) is 0.764. The Labute approximate surface area is 159 Å². The van der Waals surface area contributed by atoms with E-state index in [1.807, 2.05) is 6.92 Å². The van der Waals surface area contributed by atoms with Crippen LogP contribution in [0, 0.1) is 5.82 Å². The van der Waals surface area contributed by atoms with E-state index in [0.717, 1.165) is 6.54 Å². The molecular formula is C20H28FN5O. The van der Waals surface area contributed by atoms with Gasteiger partial charge in [-0.15, -0.1) is 5.10 Å². The van der Waals surface area contributed by atoms with Crippen molar-refractivity contribution in [3.63, 3.8) is 0 Å². The van der Waals surface area contributed by atoms with Crippen LogP contribution in [0.15, 0.2) is 30.5 Å². The van der Waals surface area contributed by atoms with Crippen molar-refractivity contribution >= 4 is 5.91 Å². The zero-order valence-corrected chi connectivity index (χ0v) is 16.2. The molecule has 7 heteroatoms. The largest absolute Gasteiger partial charge is 0.349 e. The highest BCUT2D eigenvalue weighted by Crippen LogP contribution is 2.22. The zero-order valence-electron chi connectivity index (χ0n) is 16.2. The maximum Gasteiger partial charge on any atom is 0.273 e. The third-order valence-corrected chi connectivity index (χ3v) is 5.53. The summed E-state index contributed by atoms with van der Waals surface area (Å²) in [6.45, 7) is 7.71. The molecule has 1 amide bonds. The molecule has 1 fully saturated rings. The second kappa shape index (κ2) is 8.61. The quantitative estimate of drug-likeness (QED) is 0.845. The number of hydrogen-bond acceptors (Lipinski definition) is 4. The van der Waals surface area contributed by atoms with Crippen LogP contribution in [-0.2, 0) is 0 Å². The van der Waals surface area contributed by atoms with Gasteiger partial charge in [0.15, 0.2) is 5.69 Å². The molecular weight excluding hydrogens is 345 g/mol. The van der Waals surface area contributed by atoms with Crippen molar-refractivity contribution < 1.29 is 9.18 Å². The zero-order chi connectivity index (χ0) is 19.4. The van der Waals surface area contributed by atoms with Crippen molar-refractivity contribution in [2.24, 2.45) is 0 Å². The number of hydrogen-bond donors (Lipinski definition) is 1. The number of rotatable bonds is 6. The van der Waals surface area contributed by atoms with Gasteiger partial charge in [0.25, 0.3) is 5.91 Å². The standard InChI is InChI=1S/C20H28FN5O/c1-14-7-6-8-15(2)25(14)12-11-22-20(27)19-13-26(24-23-19)16(3)17-9-4-5-10-18(17)21/h4-5,9-10,13-16H,6-8,11-12H2,1-3H3,(H,22,27)/t14-,15-,16-/m1/s1. The first-order chi connectivity index (χ1) is 13.0. The Hall–Kier alpha value is -2.28. The highest BCUT2D eigenvalue weighted by atomic mass is 19.1. The van der Waals surface area contributed by atoms with Crippen molar-refractivity contribution in [3.8, 4) is 0 Å². The molecule has 0 spiro atoms. The molecule has 1 aromatic heterocycles. The lowest BCUT2D eigenvalue weighted by molar-refractivity contribution is 0.0885. The van der Waals surface area contributed by atoms with Gasteiger partial charge in [-0.25, -0.2) is 9.07 Å². The lowest BCUT2D eigenvalue weighted by atomic mass is 9.98. The molecule has 1 aliphatic heterocycles. The van der Waals surface area contributed by atoms with Crippen LogP contribution in [0.1, 0.15) is 62.1 Å². The van der Waals surface area contributed by atoms with Gasteiger partial charge in [-0.1, -0.05) is 29.8 Å². The first-order valence-electron chi connectivity index (χ1n) is 9.67. The minimum Gasteiger partial charge on any atom is -0.349 e. The molecule has 0 saturated carbocycles. The Balaban J connectivity index is 1.56. The van der Waals surface area contributed by atoms with E-state index in [1.165, 1.54) is 30.0 Å². The number of piperidine rings is 1. The first kappa shape index (κ1) is 19.5. The van der Waals surface area contributed by atoms with Crippen LogP contribution in [0.2, 0.25) is 0 Å². The summed E-state index contributed by atoms with van der Waals surface area (Å²) in [5, 5.41) is 10.9. The minimum absolute atomic E-state index is 0.248. The molecule has 0 unspecified atom stereocenters. The summed E-state index contributed by atoms with van der Waals surface area (Å²) in [4.78, 5) is 14.8. The van der Waals surface area contributed by atoms with Gasteiger partial charge in [0, 0.05) is 30.7 Å². The average Bonchev–Trinajstić information content (AvgIpc) is 3.14. The summed E-state index contributed by atoms with van der Waals surface area (Å²) in [6, 6.07) is 7.32. The van der Waals surface area contributed by atoms with Gasteiger partial charge >= 0.3 is 0 Å². The predicted octanol–water partition coefficient (Wildman–Crippen LogP) is 3.02. The van der Waals surface area contributed by atoms with Crippen molar-refractivity contribution in [1.82, 2.24) is 25.2 Å². The molecule has 0 bridgehead atoms. The molecule has 3 atom stereocenters. The fraction of sp³-hybridized carbons (Fsp3) is 0.550. The number of carbonyl (C=O) groups excluding carboxylic acids is 1. The molecule has 146 valence electrons. The van der Waals surface area contributed by atoms with E-state index < -0.39 is 0 Å². The number of aromatic nitrogens is 3. The Morgan fingerprint density at radius 2 is 2.00 bits per heavy atom. The maximum atomic E-state index is 14.0. The van der Waals surface area contributed by atoms with Crippen LogP contribution in [0.3, 0.4) is 0 Å². The average molecular weight is 373 g/mol. The Kier molecular flexibility index (Phi) is 6.21. The second-order valence-corrected chi connectivity index (χ2v) is 7.40. The van der Waals surface area contributed by atoms with Crippen LogP contribution >= 0.6 is 0 Å². The van der Waals surface area contributed by atoms with Crippen LogP contribution < -0.4 is 5.32 Å². The third-order valence-electron chi connectivity index (χ3n) is 5.53. The normalized spacial score (nSPS) is 21.8. The number of halogens is 1. The molecule has 27 heavy (non-hydrogen) atoms. The topological polar surface area (TPSA) is 63.1 Å². The van der Waals surface area contributed by atoms with Gasteiger partial charge in [0.2, 0.25) is 0 Å². The molecule has 1 saturated heterocycles. The number of amides is 1. The van der Waals surface area contributed by atoms with Crippen molar-refractivity contribution in [1.29, 1.82) is 0 Å². The SMILES string of the molecule is C[C@@H]1CCC[C@@H](C)N1CCNC(=O)c1cn([C@H](C)c2ccccc2F)nn1. The van der Waals surface area contributed by atoms with Gasteiger partial charge < -0.3 is 5.32 Å². The number of nitrogens with zero attached hydrogens (tertiary/aromatic N) is 4. The summed E-state index contributed by atoms with van der Waals surface area (Å²) in [7, 11) is 0. The van der Waals surface area contributed by atoms with Gasteiger partial charge in [-0.05, 0) is 39.7 Å². The second-order valence-electron chi connectivity index (χ2n) is 7.40. The molecule has 6 nitrogen and oxygen atoms in total. The minimum atomic E-state index is -0.338. The first-order valence-corrected chi connectivity index (χ1v) is 9.67. The third kappa shape index (κ3) is 4.53. The van der Waals surface area contributed by atoms with E-state index in [4.69, 9.17) is 0 Å². The number of likely N-dealkylation sites (tertiary alicyclic amines) is 1. The molecule has 1 aliphatic rings. The molecule has 1 aromatic carbocycles. The fourth-order valence-corrected chi connectivity index (χ4v) is 3.83. The van der Waals surface area contributed by atoms with Crippen LogP contribution in [0.5, 0.6) is 0 Å². The van der Waals surface area contributed by atoms with E-state index in [0.29, 0.717) is 24.2 Å². The highest BCUT2D eigenvalue weighted by Gasteiger charge is 2.24. The van der Waals surface area contributed by atoms with Gasteiger partial charge in [0.05, 0.1) is 12.2 Å². The smallest absolute Gasteiger partial charge is 0.273 e. The van der Waals surface area contributed by atoms with Gasteiger partial charge in [0.1, 0.15) is 5.82 Å². The number of carbonyl (C=O) groups is 1. The van der Waals surface area contributed by atoms with Crippen molar-refractivity contribution in [3.05, 3.63) is 47.5 Å². The Morgan fingerprint density at radius 1 is 1.30 bits per heavy atom. The van der Waals surface area contributed by atoms with Gasteiger partial charge in [-0.2, -0.15) is 0 Å². The number of nitrogens with one attached hydrogen (secondary N) is 1. The van der Waals surface area contributed by atoms with Crippen molar-refractivity contribution in [2.75, 3.05) is 13.1 Å². The van der Waals surface area contributed by atoms with E-state index in [-0.39, 0.29) is 23.5 Å². The van der Waals surface area contributed by atoms with Crippen LogP contribution in [0.25, 0.3) is 0 Å². The van der Waals surface area contributed by atoms with Crippen molar-refractivity contribution in [2.45, 2.75) is 58.2 Å². The summed E-state index contributed by atoms with van der Waals surface area (Å²) in [5.74, 6) is -0.546. The maximum absolute atomic E-state index is 14.0. The lowest BCUT2D eigenvalue weighted by Crippen LogP contribution is -2.47. The molecule has 2 aromatic rings. The Bertz CT molecular complexity index is 767. The highest BCUT2D eigenvalue weighted by molar-refractivity contribution is 5.91. The van der Waals surface area contributed by atoms with E-state index in [9.17, 15) is 9.18 Å². The van der Waals surface area contributed by atoms with E-state index in [2.05, 4.69) is 34.4 Å². The molecule has 2 heterocycles. The van der Waals surface area contributed by atoms with Gasteiger partial charge in [-0.3, -0.25) is 9.69 Å². The fourth-order valence-electron chi connectivity index (χ4n) is 3.83. The molecule has 0 radical (unpaired) electrons.